The zero-order valence-electron chi connectivity index (χ0n) is 14.3. The molecule has 3 nitrogen and oxygen atoms in total. The number of benzene rings is 2. The normalized spacial score (nSPS) is 13.3. The number of aliphatic imine (C=N–C) groups is 1. The summed E-state index contributed by atoms with van der Waals surface area (Å²) in [4.78, 5) is 3.51. The first kappa shape index (κ1) is 21.0. The van der Waals surface area contributed by atoms with Crippen molar-refractivity contribution >= 4 is 48.0 Å². The van der Waals surface area contributed by atoms with E-state index >= 15 is 0 Å². The predicted octanol–water partition coefficient (Wildman–Crippen LogP) is 6.43. The number of alkyl halides is 3. The number of hydrazone groups is 1. The molecule has 1 unspecified atom stereocenters. The molecule has 8 heteroatoms. The second kappa shape index (κ2) is 9.06. The van der Waals surface area contributed by atoms with Crippen LogP contribution >= 0.6 is 23.2 Å². The molecule has 0 N–H and O–H groups in total. The molecule has 2 rings (SSSR count). The van der Waals surface area contributed by atoms with E-state index in [-0.39, 0.29) is 15.6 Å². The Labute approximate surface area is 165 Å². The summed E-state index contributed by atoms with van der Waals surface area (Å²) in [6, 6.07) is 11.0. The van der Waals surface area contributed by atoms with Crippen molar-refractivity contribution in [3.8, 4) is 0 Å². The van der Waals surface area contributed by atoms with E-state index in [9.17, 15) is 13.2 Å². The van der Waals surface area contributed by atoms with E-state index < -0.39 is 12.1 Å². The van der Waals surface area contributed by atoms with Gasteiger partial charge in [0.05, 0.1) is 21.7 Å². The van der Waals surface area contributed by atoms with Crippen molar-refractivity contribution in [2.45, 2.75) is 12.1 Å². The molecule has 0 radical (unpaired) electrons. The fourth-order valence-electron chi connectivity index (χ4n) is 2.34. The van der Waals surface area contributed by atoms with E-state index in [1.54, 1.807) is 36.3 Å². The molecular weight excluding hydrogens is 398 g/mol. The smallest absolute Gasteiger partial charge is 0.267 e. The van der Waals surface area contributed by atoms with Crippen LogP contribution in [0.1, 0.15) is 17.0 Å². The summed E-state index contributed by atoms with van der Waals surface area (Å²) in [6.45, 7) is 3.29. The summed E-state index contributed by atoms with van der Waals surface area (Å²) in [5, 5.41) is 5.54. The Kier molecular flexibility index (Phi) is 7.05. The van der Waals surface area contributed by atoms with Crippen molar-refractivity contribution in [1.29, 1.82) is 0 Å². The Morgan fingerprint density at radius 1 is 1.11 bits per heavy atom. The summed E-state index contributed by atoms with van der Waals surface area (Å²) < 4.78 is 40.6. The van der Waals surface area contributed by atoms with Gasteiger partial charge in [-0.3, -0.25) is 10.0 Å². The lowest BCUT2D eigenvalue weighted by Crippen LogP contribution is -2.19. The topological polar surface area (TPSA) is 28.0 Å². The molecule has 27 heavy (non-hydrogen) atoms. The van der Waals surface area contributed by atoms with Gasteiger partial charge in [0.25, 0.3) is 0 Å². The highest BCUT2D eigenvalue weighted by Crippen LogP contribution is 2.41. The maximum absolute atomic E-state index is 13.5. The summed E-state index contributed by atoms with van der Waals surface area (Å²) in [7, 11) is 1.72. The number of halogens is 5. The minimum atomic E-state index is -4.50. The van der Waals surface area contributed by atoms with Crippen LogP contribution in [0, 0.1) is 0 Å². The summed E-state index contributed by atoms with van der Waals surface area (Å²) >= 11 is 11.8. The zero-order chi connectivity index (χ0) is 20.0. The van der Waals surface area contributed by atoms with Crippen LogP contribution in [0.4, 0.5) is 18.9 Å². The first-order chi connectivity index (χ1) is 12.7. The van der Waals surface area contributed by atoms with Crippen molar-refractivity contribution < 1.29 is 13.2 Å². The average Bonchev–Trinajstić information content (AvgIpc) is 2.62. The molecule has 1 atom stereocenters. The van der Waals surface area contributed by atoms with Crippen LogP contribution in [0.2, 0.25) is 10.0 Å². The summed E-state index contributed by atoms with van der Waals surface area (Å²) in [5.74, 6) is -1.87. The molecule has 0 aliphatic carbocycles. The Balaban J connectivity index is 2.28. The Morgan fingerprint density at radius 2 is 1.78 bits per heavy atom. The van der Waals surface area contributed by atoms with Gasteiger partial charge in [-0.15, -0.1) is 0 Å². The van der Waals surface area contributed by atoms with Gasteiger partial charge in [0.15, 0.2) is 0 Å². The molecule has 2 aromatic carbocycles. The van der Waals surface area contributed by atoms with Crippen LogP contribution in [0.5, 0.6) is 0 Å². The van der Waals surface area contributed by atoms with Crippen molar-refractivity contribution in [3.05, 3.63) is 69.7 Å². The van der Waals surface area contributed by atoms with E-state index in [0.29, 0.717) is 5.56 Å². The molecule has 0 aliphatic heterocycles. The van der Waals surface area contributed by atoms with Crippen molar-refractivity contribution in [2.24, 2.45) is 10.1 Å². The molecule has 0 fully saturated rings. The first-order valence-electron chi connectivity index (χ1n) is 7.75. The number of rotatable bonds is 6. The molecule has 0 bridgehead atoms. The molecule has 0 saturated heterocycles. The largest absolute Gasteiger partial charge is 0.399 e. The first-order valence-corrected chi connectivity index (χ1v) is 8.50. The number of allylic oxidation sites excluding steroid dienone is 1. The van der Waals surface area contributed by atoms with Gasteiger partial charge >= 0.3 is 6.18 Å². The average molecular weight is 414 g/mol. The van der Waals surface area contributed by atoms with Gasteiger partial charge in [0, 0.05) is 7.05 Å². The highest BCUT2D eigenvalue weighted by atomic mass is 35.5. The monoisotopic (exact) mass is 413 g/mol. The SMILES string of the molecule is C=N/C=N\N(C)c1ccc(/C=C/C(c2cccc(Cl)c2Cl)C(F)(F)F)cc1. The third-order valence-corrected chi connectivity index (χ3v) is 4.56. The summed E-state index contributed by atoms with van der Waals surface area (Å²) in [5.41, 5.74) is 1.26. The standard InChI is InChI=1S/C19H16Cl2F3N3/c1-25-12-26-27(2)14-9-6-13(7-10-14)8-11-16(19(22,23)24)15-4-3-5-17(20)18(15)21/h3-12,16H,1H2,2H3/b11-8+,26-12-. The number of hydrogen-bond donors (Lipinski definition) is 0. The van der Waals surface area contributed by atoms with Gasteiger partial charge in [-0.1, -0.05) is 59.6 Å². The molecular formula is C19H16Cl2F3N3. The van der Waals surface area contributed by atoms with E-state index in [1.807, 2.05) is 0 Å². The molecule has 0 amide bonds. The maximum Gasteiger partial charge on any atom is 0.399 e. The minimum absolute atomic E-state index is 0.0822. The Morgan fingerprint density at radius 3 is 2.37 bits per heavy atom. The van der Waals surface area contributed by atoms with Crippen molar-refractivity contribution in [3.63, 3.8) is 0 Å². The molecule has 0 spiro atoms. The third kappa shape index (κ3) is 5.58. The van der Waals surface area contributed by atoms with Crippen molar-refractivity contribution in [1.82, 2.24) is 0 Å². The summed E-state index contributed by atoms with van der Waals surface area (Å²) in [6.07, 6.45) is -0.752. The molecule has 142 valence electrons. The maximum atomic E-state index is 13.5. The van der Waals surface area contributed by atoms with Crippen LogP contribution in [0.25, 0.3) is 6.08 Å². The molecule has 0 heterocycles. The van der Waals surface area contributed by atoms with E-state index in [2.05, 4.69) is 16.8 Å². The molecule has 2 aromatic rings. The highest BCUT2D eigenvalue weighted by Gasteiger charge is 2.40. The predicted molar refractivity (Wildman–Crippen MR) is 107 cm³/mol. The lowest BCUT2D eigenvalue weighted by Gasteiger charge is -2.19. The second-order valence-corrected chi connectivity index (χ2v) is 6.34. The number of nitrogens with zero attached hydrogens (tertiary/aromatic N) is 3. The third-order valence-electron chi connectivity index (χ3n) is 3.72. The van der Waals surface area contributed by atoms with Gasteiger partial charge in [-0.25, -0.2) is 0 Å². The second-order valence-electron chi connectivity index (χ2n) is 5.55. The van der Waals surface area contributed by atoms with Gasteiger partial charge in [0.2, 0.25) is 0 Å². The number of anilines is 1. The molecule has 0 aromatic heterocycles. The van der Waals surface area contributed by atoms with Crippen LogP contribution in [-0.4, -0.2) is 26.3 Å². The van der Waals surface area contributed by atoms with Gasteiger partial charge < -0.3 is 0 Å². The molecule has 0 aliphatic rings. The zero-order valence-corrected chi connectivity index (χ0v) is 15.8. The minimum Gasteiger partial charge on any atom is -0.267 e. The van der Waals surface area contributed by atoms with Crippen LogP contribution in [0.15, 0.2) is 58.6 Å². The van der Waals surface area contributed by atoms with Crippen molar-refractivity contribution in [2.75, 3.05) is 12.1 Å². The number of hydrogen-bond acceptors (Lipinski definition) is 2. The van der Waals surface area contributed by atoms with E-state index in [1.165, 1.54) is 30.6 Å². The van der Waals surface area contributed by atoms with Gasteiger partial charge in [-0.05, 0) is 36.0 Å². The van der Waals surface area contributed by atoms with Crippen LogP contribution < -0.4 is 5.01 Å². The fraction of sp³-hybridized carbons (Fsp3) is 0.158. The highest BCUT2D eigenvalue weighted by molar-refractivity contribution is 6.42. The molecule has 0 saturated carbocycles. The van der Waals surface area contributed by atoms with E-state index in [4.69, 9.17) is 23.2 Å². The quantitative estimate of drug-likeness (QED) is 0.304. The Hall–Kier alpha value is -2.31. The lowest BCUT2D eigenvalue weighted by molar-refractivity contribution is -0.139. The van der Waals surface area contributed by atoms with Gasteiger partial charge in [-0.2, -0.15) is 18.3 Å². The van der Waals surface area contributed by atoms with Crippen LogP contribution in [-0.2, 0) is 0 Å². The Bertz CT molecular complexity index is 846. The van der Waals surface area contributed by atoms with E-state index in [0.717, 1.165) is 11.8 Å². The van der Waals surface area contributed by atoms with Gasteiger partial charge in [0.1, 0.15) is 6.34 Å². The lowest BCUT2D eigenvalue weighted by atomic mass is 9.97. The van der Waals surface area contributed by atoms with Crippen LogP contribution in [0.3, 0.4) is 0 Å². The fourth-order valence-corrected chi connectivity index (χ4v) is 2.76.